The summed E-state index contributed by atoms with van der Waals surface area (Å²) in [7, 11) is 1.29. The van der Waals surface area contributed by atoms with Crippen LogP contribution in [0.2, 0.25) is 0 Å². The number of aromatic nitrogens is 7. The van der Waals surface area contributed by atoms with Crippen molar-refractivity contribution in [2.45, 2.75) is 161 Å². The highest BCUT2D eigenvalue weighted by Crippen LogP contribution is 2.52. The Hall–Kier alpha value is -9.32. The number of nitriles is 1. The quantitative estimate of drug-likeness (QED) is 0.0118. The molecule has 9 rings (SSSR count). The van der Waals surface area contributed by atoms with E-state index in [-0.39, 0.29) is 75.6 Å². The molecule has 2 saturated heterocycles. The van der Waals surface area contributed by atoms with Gasteiger partial charge in [0.1, 0.15) is 66.2 Å². The zero-order chi connectivity index (χ0) is 93.9. The van der Waals surface area contributed by atoms with Gasteiger partial charge in [-0.15, -0.1) is 5.10 Å². The van der Waals surface area contributed by atoms with Gasteiger partial charge in [-0.05, 0) is 93.6 Å². The molecule has 7 aromatic rings. The van der Waals surface area contributed by atoms with Crippen LogP contribution in [0.5, 0.6) is 11.5 Å². The molecule has 0 bridgehead atoms. The van der Waals surface area contributed by atoms with Gasteiger partial charge in [0.2, 0.25) is 5.91 Å². The zero-order valence-corrected chi connectivity index (χ0v) is 78.1. The number of methoxy groups -OCH3 is 2. The van der Waals surface area contributed by atoms with Crippen molar-refractivity contribution < 1.29 is 132 Å². The van der Waals surface area contributed by atoms with Gasteiger partial charge in [-0.3, -0.25) is 28.5 Å². The summed E-state index contributed by atoms with van der Waals surface area (Å²) in [6, 6.07) is 36.3. The highest BCUT2D eigenvalue weighted by atomic mass is 31.2. The summed E-state index contributed by atoms with van der Waals surface area (Å²) in [4.78, 5) is 75.4. The lowest BCUT2D eigenvalue weighted by molar-refractivity contribution is -0.288. The van der Waals surface area contributed by atoms with E-state index in [2.05, 4.69) is 64.4 Å². The first-order valence-electron chi connectivity index (χ1n) is 44.6. The molecular weight excluding hydrogens is 1740 g/mol. The Labute approximate surface area is 772 Å². The third-order valence-electron chi connectivity index (χ3n) is 20.5. The molecule has 4 aromatic carbocycles. The number of benzene rings is 4. The Balaban J connectivity index is 0.616. The standard InChI is InChI=1S/C92H130N11O28P/c1-66(2)103(67(3)4)132(126-37-19-33-93)131-85-80(63-125-92(73-22-15-12-16-23-73,74-25-29-77(109-9)30-26-74)75-27-31-78(110-10)32-28-75)129-90(102-65-97-82-87(95-64-96-88(82)102)98-89(108)72-20-13-11-14-21-72)86(85)124-61-76-60-101(100-99-76)35-39-112-41-43-114-45-47-116-49-51-118-53-55-120-57-59-121-58-56-119-54-52-117-50-48-115-46-44-113-42-40-111-38-34-94-81(107)24-17-18-36-122-91-68(5)83(127-70(7)105)84(128-71(8)106)79(130-91)62-123-69(6)104/h11-16,20-23,25-32,60,64-68,79-80,83-86,90-91H,17-19,24,34-59,61-63H2,1-10H3,(H,94,107)(H,95,96,98,108)/t68?,79?,80?,83?,84?,85-,86-,90-,91?,132?/m1/s1. The fourth-order valence-corrected chi connectivity index (χ4v) is 16.1. The second kappa shape index (κ2) is 60.1. The number of rotatable bonds is 68. The molecule has 40 heteroatoms. The lowest BCUT2D eigenvalue weighted by atomic mass is 9.80. The molecule has 39 nitrogen and oxygen atoms in total. The summed E-state index contributed by atoms with van der Waals surface area (Å²) in [5.41, 5.74) is 2.65. The van der Waals surface area contributed by atoms with Gasteiger partial charge in [0.25, 0.3) is 14.4 Å². The predicted octanol–water partition coefficient (Wildman–Crippen LogP) is 9.11. The van der Waals surface area contributed by atoms with Crippen LogP contribution in [0.4, 0.5) is 5.82 Å². The smallest absolute Gasteiger partial charge is 0.303 e. The van der Waals surface area contributed by atoms with Gasteiger partial charge in [-0.1, -0.05) is 84.9 Å². The monoisotopic (exact) mass is 1870 g/mol. The molecule has 132 heavy (non-hydrogen) atoms. The van der Waals surface area contributed by atoms with Gasteiger partial charge >= 0.3 is 17.9 Å². The van der Waals surface area contributed by atoms with Crippen LogP contribution in [0.25, 0.3) is 11.2 Å². The van der Waals surface area contributed by atoms with Crippen LogP contribution in [0.15, 0.2) is 128 Å². The van der Waals surface area contributed by atoms with Crippen molar-refractivity contribution >= 4 is 55.2 Å². The summed E-state index contributed by atoms with van der Waals surface area (Å²) < 4.78 is 143. The van der Waals surface area contributed by atoms with Crippen LogP contribution in [0, 0.1) is 17.2 Å². The van der Waals surface area contributed by atoms with Crippen molar-refractivity contribution in [1.29, 1.82) is 5.26 Å². The number of ether oxygens (including phenoxy) is 21. The molecule has 0 saturated carbocycles. The van der Waals surface area contributed by atoms with E-state index in [4.69, 9.17) is 118 Å². The second-order valence-corrected chi connectivity index (χ2v) is 32.3. The molecule has 10 atom stereocenters. The minimum absolute atomic E-state index is 0.0652. The molecule has 2 N–H and O–H groups in total. The number of fused-ring (bicyclic) bond motifs is 1. The molecule has 5 heterocycles. The van der Waals surface area contributed by atoms with Crippen molar-refractivity contribution in [3.63, 3.8) is 0 Å². The maximum atomic E-state index is 13.7. The van der Waals surface area contributed by atoms with Crippen molar-refractivity contribution in [1.82, 2.24) is 44.5 Å². The number of amides is 2. The molecule has 0 aliphatic carbocycles. The average Bonchev–Trinajstić information content (AvgIpc) is 1.65. The molecule has 726 valence electrons. The zero-order valence-electron chi connectivity index (χ0n) is 77.2. The van der Waals surface area contributed by atoms with Gasteiger partial charge < -0.3 is 119 Å². The molecule has 2 amide bonds. The van der Waals surface area contributed by atoms with Crippen LogP contribution in [-0.4, -0.2) is 316 Å². The minimum atomic E-state index is -1.95. The number of nitrogens with one attached hydrogen (secondary N) is 2. The van der Waals surface area contributed by atoms with Gasteiger partial charge in [0, 0.05) is 63.9 Å². The fourth-order valence-electron chi connectivity index (χ4n) is 14.3. The number of nitrogens with zero attached hydrogens (tertiary/aromatic N) is 9. The van der Waals surface area contributed by atoms with Gasteiger partial charge in [0.05, 0.1) is 211 Å². The summed E-state index contributed by atoms with van der Waals surface area (Å²) in [6.45, 7) is 23.0. The van der Waals surface area contributed by atoms with E-state index in [0.717, 1.165) is 16.7 Å². The summed E-state index contributed by atoms with van der Waals surface area (Å²) in [5, 5.41) is 24.5. The molecular formula is C92H130N11O28P. The molecule has 3 aromatic heterocycles. The Bertz CT molecular complexity index is 4410. The lowest BCUT2D eigenvalue weighted by Crippen LogP contribution is -2.58. The Morgan fingerprint density at radius 1 is 0.553 bits per heavy atom. The summed E-state index contributed by atoms with van der Waals surface area (Å²) in [5.74, 6) is -1.29. The van der Waals surface area contributed by atoms with Gasteiger partial charge in [-0.2, -0.15) is 5.26 Å². The van der Waals surface area contributed by atoms with Crippen molar-refractivity contribution in [2.75, 3.05) is 198 Å². The summed E-state index contributed by atoms with van der Waals surface area (Å²) >= 11 is 0. The average molecular weight is 1870 g/mol. The van der Waals surface area contributed by atoms with Crippen molar-refractivity contribution in [2.24, 2.45) is 5.92 Å². The Morgan fingerprint density at radius 2 is 1.06 bits per heavy atom. The van der Waals surface area contributed by atoms with Crippen LogP contribution < -0.4 is 20.1 Å². The molecule has 0 spiro atoms. The van der Waals surface area contributed by atoms with Crippen LogP contribution in [-0.2, 0) is 137 Å². The number of hydrogen-bond donors (Lipinski definition) is 2. The van der Waals surface area contributed by atoms with Crippen LogP contribution in [0.1, 0.15) is 120 Å². The van der Waals surface area contributed by atoms with Crippen molar-refractivity contribution in [3.8, 4) is 17.6 Å². The molecule has 7 unspecified atom stereocenters. The van der Waals surface area contributed by atoms with Gasteiger partial charge in [-0.25, -0.2) is 24.3 Å². The lowest BCUT2D eigenvalue weighted by Gasteiger charge is -2.43. The number of carbonyl (C=O) groups excluding carboxylic acids is 5. The Morgan fingerprint density at radius 3 is 1.58 bits per heavy atom. The Kier molecular flexibility index (Phi) is 48.4. The fraction of sp³-hybridized carbons (Fsp3) is 0.598. The first-order chi connectivity index (χ1) is 64.3. The normalized spacial score (nSPS) is 18.2. The SMILES string of the molecule is COc1ccc(C(OCC2O[C@@H](n3cnc4c(NC(=O)c5ccccc5)ncnc43)[C@H](OCc3cn(CCOCCOCCOCCOCCOCCOCCOCCOCCOCCOCCOCCNC(=O)CCCCOC4OC(COC(C)=O)C(OC(C)=O)C(OC(C)=O)C4C)nn3)[C@@H]2OP(OCCC#N)N(C(C)C)C(C)C)(c2ccccc2)c2ccc(OC)cc2)cc1. The van der Waals surface area contributed by atoms with E-state index in [1.165, 1.54) is 27.1 Å². The molecule has 0 radical (unpaired) electrons. The van der Waals surface area contributed by atoms with E-state index >= 15 is 0 Å². The van der Waals surface area contributed by atoms with E-state index in [9.17, 15) is 29.2 Å². The van der Waals surface area contributed by atoms with E-state index in [0.29, 0.717) is 205 Å². The highest BCUT2D eigenvalue weighted by Gasteiger charge is 2.53. The minimum Gasteiger partial charge on any atom is -0.497 e. The third-order valence-corrected chi connectivity index (χ3v) is 22.7. The van der Waals surface area contributed by atoms with E-state index in [1.54, 1.807) is 67.2 Å². The van der Waals surface area contributed by atoms with Crippen molar-refractivity contribution in [3.05, 3.63) is 156 Å². The van der Waals surface area contributed by atoms with E-state index < -0.39 is 87.1 Å². The number of esters is 3. The first kappa shape index (κ1) is 106. The third kappa shape index (κ3) is 35.5. The number of hydrogen-bond acceptors (Lipinski definition) is 35. The highest BCUT2D eigenvalue weighted by molar-refractivity contribution is 7.44. The maximum absolute atomic E-state index is 13.7. The largest absolute Gasteiger partial charge is 0.497 e. The molecule has 2 aliphatic heterocycles. The van der Waals surface area contributed by atoms with E-state index in [1.807, 2.05) is 84.9 Å². The number of imidazole rings is 1. The van der Waals surface area contributed by atoms with Crippen LogP contribution >= 0.6 is 8.53 Å². The first-order valence-corrected chi connectivity index (χ1v) is 45.7. The second-order valence-electron chi connectivity index (χ2n) is 30.9. The number of carbonyl (C=O) groups is 5. The molecule has 2 fully saturated rings. The summed E-state index contributed by atoms with van der Waals surface area (Å²) in [6.07, 6.45) is -1.47. The van der Waals surface area contributed by atoms with Crippen LogP contribution in [0.3, 0.4) is 0 Å². The van der Waals surface area contributed by atoms with Gasteiger partial charge in [0.15, 0.2) is 35.6 Å². The number of unbranched alkanes of at least 4 members (excludes halogenated alkanes) is 1. The topological polar surface area (TPSA) is 423 Å². The predicted molar refractivity (Wildman–Crippen MR) is 478 cm³/mol. The number of anilines is 1. The maximum Gasteiger partial charge on any atom is 0.303 e. The molecule has 2 aliphatic rings.